The Hall–Kier alpha value is -1.14. The fourth-order valence-corrected chi connectivity index (χ4v) is 2.93. The van der Waals surface area contributed by atoms with E-state index in [9.17, 15) is 17.6 Å². The van der Waals surface area contributed by atoms with Gasteiger partial charge in [0.2, 0.25) is 0 Å². The van der Waals surface area contributed by atoms with E-state index in [1.807, 2.05) is 0 Å². The van der Waals surface area contributed by atoms with Gasteiger partial charge in [0.15, 0.2) is 5.96 Å². The van der Waals surface area contributed by atoms with Crippen LogP contribution >= 0.6 is 24.0 Å². The minimum absolute atomic E-state index is 0. The smallest absolute Gasteiger partial charge is 0.380 e. The van der Waals surface area contributed by atoms with Crippen LogP contribution in [0.4, 0.5) is 17.6 Å². The molecule has 0 saturated carbocycles. The van der Waals surface area contributed by atoms with Crippen molar-refractivity contribution < 1.29 is 22.3 Å². The zero-order chi connectivity index (χ0) is 19.2. The minimum atomic E-state index is -4.18. The molecule has 0 aromatic heterocycles. The van der Waals surface area contributed by atoms with Crippen LogP contribution < -0.4 is 10.6 Å². The van der Waals surface area contributed by atoms with Gasteiger partial charge in [-0.25, -0.2) is 4.39 Å². The molecule has 1 aliphatic rings. The Morgan fingerprint density at radius 2 is 2.11 bits per heavy atom. The molecule has 1 unspecified atom stereocenters. The van der Waals surface area contributed by atoms with Gasteiger partial charge in [-0.15, -0.1) is 24.0 Å². The van der Waals surface area contributed by atoms with E-state index in [4.69, 9.17) is 4.74 Å². The number of alkyl halides is 3. The lowest BCUT2D eigenvalue weighted by molar-refractivity contribution is -0.143. The maximum atomic E-state index is 13.6. The molecule has 0 radical (unpaired) electrons. The molecule has 0 aliphatic carbocycles. The fourth-order valence-electron chi connectivity index (χ4n) is 2.93. The second-order valence-corrected chi connectivity index (χ2v) is 6.26. The second-order valence-electron chi connectivity index (χ2n) is 6.26. The maximum absolute atomic E-state index is 13.6. The van der Waals surface area contributed by atoms with Crippen molar-refractivity contribution in [3.05, 3.63) is 35.1 Å². The molecule has 1 saturated heterocycles. The average molecular weight is 504 g/mol. The van der Waals surface area contributed by atoms with E-state index in [0.717, 1.165) is 5.56 Å². The number of benzene rings is 1. The molecule has 1 aromatic rings. The first-order chi connectivity index (χ1) is 12.3. The summed E-state index contributed by atoms with van der Waals surface area (Å²) in [5, 5.41) is 6.23. The number of methoxy groups -OCH3 is 1. The van der Waals surface area contributed by atoms with Crippen molar-refractivity contribution in [1.82, 2.24) is 15.5 Å². The van der Waals surface area contributed by atoms with E-state index >= 15 is 0 Å². The summed E-state index contributed by atoms with van der Waals surface area (Å²) in [5.41, 5.74) is 1.32. The van der Waals surface area contributed by atoms with Crippen LogP contribution in [0.5, 0.6) is 0 Å². The molecule has 2 rings (SSSR count). The lowest BCUT2D eigenvalue weighted by Gasteiger charge is -2.20. The zero-order valence-corrected chi connectivity index (χ0v) is 17.6. The largest absolute Gasteiger partial charge is 0.401 e. The first-order valence-electron chi connectivity index (χ1n) is 8.33. The van der Waals surface area contributed by atoms with E-state index in [-0.39, 0.29) is 42.4 Å². The minimum Gasteiger partial charge on any atom is -0.380 e. The van der Waals surface area contributed by atoms with Crippen molar-refractivity contribution in [3.8, 4) is 0 Å². The van der Waals surface area contributed by atoms with Crippen molar-refractivity contribution >= 4 is 29.9 Å². The van der Waals surface area contributed by atoms with Crippen LogP contribution in [0.3, 0.4) is 0 Å². The predicted molar refractivity (Wildman–Crippen MR) is 107 cm³/mol. The number of nitrogens with zero attached hydrogens (tertiary/aromatic N) is 2. The average Bonchev–Trinajstić information content (AvgIpc) is 2.99. The van der Waals surface area contributed by atoms with Crippen LogP contribution in [0.2, 0.25) is 0 Å². The quantitative estimate of drug-likeness (QED) is 0.271. The van der Waals surface area contributed by atoms with E-state index in [2.05, 4.69) is 15.6 Å². The standard InChI is InChI=1S/C17H24F4N4O.HI/c1-22-16(24-14-5-6-25(9-14)11-17(19,20)21)23-8-12-3-4-15(18)13(7-12)10-26-2;/h3-4,7,14H,5-6,8-11H2,1-2H3,(H2,22,23,24);1H. The molecule has 154 valence electrons. The van der Waals surface area contributed by atoms with Crippen molar-refractivity contribution in [1.29, 1.82) is 0 Å². The van der Waals surface area contributed by atoms with Gasteiger partial charge in [0.25, 0.3) is 0 Å². The molecule has 1 heterocycles. The highest BCUT2D eigenvalue weighted by atomic mass is 127. The normalized spacial score (nSPS) is 18.3. The van der Waals surface area contributed by atoms with Gasteiger partial charge >= 0.3 is 6.18 Å². The topological polar surface area (TPSA) is 48.9 Å². The lowest BCUT2D eigenvalue weighted by atomic mass is 10.1. The monoisotopic (exact) mass is 504 g/mol. The summed E-state index contributed by atoms with van der Waals surface area (Å²) in [6.07, 6.45) is -3.57. The van der Waals surface area contributed by atoms with E-state index in [0.29, 0.717) is 37.6 Å². The Balaban J connectivity index is 0.00000364. The first-order valence-corrected chi connectivity index (χ1v) is 8.33. The third kappa shape index (κ3) is 8.18. The Morgan fingerprint density at radius 1 is 1.37 bits per heavy atom. The second kappa shape index (κ2) is 11.0. The molecule has 27 heavy (non-hydrogen) atoms. The highest BCUT2D eigenvalue weighted by Gasteiger charge is 2.34. The number of halogens is 5. The van der Waals surface area contributed by atoms with Crippen molar-refractivity contribution in [3.63, 3.8) is 0 Å². The van der Waals surface area contributed by atoms with Crippen LogP contribution in [0.25, 0.3) is 0 Å². The van der Waals surface area contributed by atoms with Gasteiger partial charge in [-0.2, -0.15) is 13.2 Å². The van der Waals surface area contributed by atoms with Crippen molar-refractivity contribution in [2.45, 2.75) is 31.8 Å². The third-order valence-electron chi connectivity index (χ3n) is 4.11. The van der Waals surface area contributed by atoms with Crippen LogP contribution in [0.1, 0.15) is 17.5 Å². The van der Waals surface area contributed by atoms with Gasteiger partial charge < -0.3 is 15.4 Å². The Bertz CT molecular complexity index is 627. The van der Waals surface area contributed by atoms with Crippen molar-refractivity contribution in [2.75, 3.05) is 33.8 Å². The number of rotatable bonds is 6. The number of aliphatic imine (C=N–C) groups is 1. The summed E-state index contributed by atoms with van der Waals surface area (Å²) in [7, 11) is 3.10. The highest BCUT2D eigenvalue weighted by Crippen LogP contribution is 2.20. The molecule has 1 atom stereocenters. The summed E-state index contributed by atoms with van der Waals surface area (Å²) < 4.78 is 55.9. The molecule has 10 heteroatoms. The molecular weight excluding hydrogens is 479 g/mol. The summed E-state index contributed by atoms with van der Waals surface area (Å²) in [6.45, 7) is 0.412. The summed E-state index contributed by atoms with van der Waals surface area (Å²) in [6, 6.07) is 4.66. The maximum Gasteiger partial charge on any atom is 0.401 e. The van der Waals surface area contributed by atoms with Gasteiger partial charge in [0, 0.05) is 45.4 Å². The van der Waals surface area contributed by atoms with Gasteiger partial charge in [0.1, 0.15) is 5.82 Å². The van der Waals surface area contributed by atoms with Crippen LogP contribution in [0.15, 0.2) is 23.2 Å². The molecular formula is C17H25F4IN4O. The molecule has 1 aromatic carbocycles. The summed E-state index contributed by atoms with van der Waals surface area (Å²) in [4.78, 5) is 5.47. The van der Waals surface area contributed by atoms with Gasteiger partial charge in [-0.1, -0.05) is 6.07 Å². The Morgan fingerprint density at radius 3 is 2.74 bits per heavy atom. The third-order valence-corrected chi connectivity index (χ3v) is 4.11. The molecule has 1 aliphatic heterocycles. The van der Waals surface area contributed by atoms with Crippen LogP contribution in [0, 0.1) is 5.82 Å². The first kappa shape index (κ1) is 23.9. The molecule has 2 N–H and O–H groups in total. The number of ether oxygens (including phenoxy) is 1. The molecule has 1 fully saturated rings. The van der Waals surface area contributed by atoms with E-state index in [1.54, 1.807) is 19.2 Å². The van der Waals surface area contributed by atoms with E-state index < -0.39 is 12.7 Å². The Kier molecular flexibility index (Phi) is 9.74. The van der Waals surface area contributed by atoms with Gasteiger partial charge in [-0.3, -0.25) is 9.89 Å². The number of hydrogen-bond donors (Lipinski definition) is 2. The highest BCUT2D eigenvalue weighted by molar-refractivity contribution is 14.0. The van der Waals surface area contributed by atoms with E-state index in [1.165, 1.54) is 18.1 Å². The number of nitrogens with one attached hydrogen (secondary N) is 2. The van der Waals surface area contributed by atoms with Crippen LogP contribution in [-0.4, -0.2) is 56.9 Å². The zero-order valence-electron chi connectivity index (χ0n) is 15.3. The molecule has 5 nitrogen and oxygen atoms in total. The molecule has 0 bridgehead atoms. The van der Waals surface area contributed by atoms with Crippen LogP contribution in [-0.2, 0) is 17.9 Å². The molecule has 0 amide bonds. The SMILES string of the molecule is CN=C(NCc1ccc(F)c(COC)c1)NC1CCN(CC(F)(F)F)C1.I. The van der Waals surface area contributed by atoms with Gasteiger partial charge in [-0.05, 0) is 24.1 Å². The Labute approximate surface area is 173 Å². The predicted octanol–water partition coefficient (Wildman–Crippen LogP) is 2.89. The summed E-state index contributed by atoms with van der Waals surface area (Å²) in [5.74, 6) is 0.176. The lowest BCUT2D eigenvalue weighted by Crippen LogP contribution is -2.44. The molecule has 0 spiro atoms. The number of hydrogen-bond acceptors (Lipinski definition) is 3. The number of likely N-dealkylation sites (tertiary alicyclic amines) is 1. The number of guanidine groups is 1. The van der Waals surface area contributed by atoms with Gasteiger partial charge in [0.05, 0.1) is 13.2 Å². The summed E-state index contributed by atoms with van der Waals surface area (Å²) >= 11 is 0. The fraction of sp³-hybridized carbons (Fsp3) is 0.588. The van der Waals surface area contributed by atoms with Crippen molar-refractivity contribution in [2.24, 2.45) is 4.99 Å².